The molecule has 2 fully saturated rings. The SMILES string of the molecule is CC(C)[Si]1(C(C)C)OC[C@H]2O[C@@](CO)(n3ccc(=O)[nH]c3=O)C(=O)[C@@H]2O[Si](C(C)C)(C(C)C)O1. The minimum Gasteiger partial charge on any atom is -0.414 e. The first kappa shape index (κ1) is 27.2. The maximum Gasteiger partial charge on any atom is 0.335 e. The van der Waals surface area contributed by atoms with Crippen LogP contribution in [0, 0.1) is 0 Å². The second kappa shape index (κ2) is 9.56. The van der Waals surface area contributed by atoms with Gasteiger partial charge in [-0.3, -0.25) is 19.1 Å². The number of ether oxygens (including phenoxy) is 1. The number of rotatable bonds is 6. The van der Waals surface area contributed by atoms with Crippen LogP contribution in [0.4, 0.5) is 0 Å². The van der Waals surface area contributed by atoms with Gasteiger partial charge in [0.2, 0.25) is 11.5 Å². The summed E-state index contributed by atoms with van der Waals surface area (Å²) in [5, 5.41) is 10.3. The summed E-state index contributed by atoms with van der Waals surface area (Å²) in [7, 11) is -5.95. The third-order valence-electron chi connectivity index (χ3n) is 7.08. The Hall–Kier alpha value is -1.42. The average molecular weight is 515 g/mol. The van der Waals surface area contributed by atoms with Crippen LogP contribution in [0.15, 0.2) is 21.9 Å². The van der Waals surface area contributed by atoms with E-state index in [1.165, 1.54) is 0 Å². The van der Waals surface area contributed by atoms with E-state index in [0.29, 0.717) is 0 Å². The van der Waals surface area contributed by atoms with Crippen LogP contribution in [-0.4, -0.2) is 63.0 Å². The Labute approximate surface area is 202 Å². The molecule has 3 rings (SSSR count). The molecule has 2 saturated heterocycles. The molecule has 192 valence electrons. The molecule has 0 aromatic carbocycles. The Kier molecular flexibility index (Phi) is 7.64. The van der Waals surface area contributed by atoms with Crippen molar-refractivity contribution in [2.45, 2.75) is 95.5 Å². The lowest BCUT2D eigenvalue weighted by Crippen LogP contribution is -2.65. The number of H-pyrrole nitrogens is 1. The van der Waals surface area contributed by atoms with Gasteiger partial charge in [0.25, 0.3) is 5.56 Å². The quantitative estimate of drug-likeness (QED) is 0.552. The van der Waals surface area contributed by atoms with Crippen molar-refractivity contribution in [1.82, 2.24) is 9.55 Å². The lowest BCUT2D eigenvalue weighted by atomic mass is 10.1. The standard InChI is InChI=1S/C22H38N2O8Si2/c1-13(2)33(14(3)4)29-11-17-19(31-34(32-33,15(5)6)16(7)8)20(27)22(12-25,30-17)24-10-9-18(26)23-21(24)28/h9-10,13-17,19,25H,11-12H2,1-8H3,(H,23,26,28)/t17-,19-,22-/m1/s1. The molecule has 1 aromatic rings. The minimum atomic E-state index is -3.10. The van der Waals surface area contributed by atoms with Crippen LogP contribution < -0.4 is 11.2 Å². The Balaban J connectivity index is 2.18. The molecule has 2 aliphatic rings. The number of aliphatic hydroxyl groups excluding tert-OH is 1. The molecule has 0 spiro atoms. The van der Waals surface area contributed by atoms with Gasteiger partial charge >= 0.3 is 22.8 Å². The highest BCUT2D eigenvalue weighted by Gasteiger charge is 2.65. The molecule has 12 heteroatoms. The topological polar surface area (TPSA) is 129 Å². The second-order valence-corrected chi connectivity index (χ2v) is 19.3. The lowest BCUT2D eigenvalue weighted by Gasteiger charge is -2.50. The summed E-state index contributed by atoms with van der Waals surface area (Å²) in [4.78, 5) is 40.1. The third kappa shape index (κ3) is 4.12. The molecule has 2 N–H and O–H groups in total. The molecule has 0 aliphatic carbocycles. The zero-order valence-electron chi connectivity index (χ0n) is 21.3. The Morgan fingerprint density at radius 1 is 1.03 bits per heavy atom. The number of Topliss-reactive ketones (excluding diaryl/α,β-unsaturated/α-hetero) is 1. The van der Waals surface area contributed by atoms with Crippen molar-refractivity contribution >= 4 is 22.9 Å². The largest absolute Gasteiger partial charge is 0.414 e. The van der Waals surface area contributed by atoms with Crippen molar-refractivity contribution < 1.29 is 27.6 Å². The number of nitrogens with one attached hydrogen (secondary N) is 1. The number of aromatic amines is 1. The van der Waals surface area contributed by atoms with Gasteiger partial charge in [-0.2, -0.15) is 0 Å². The number of carbonyl (C=O) groups excluding carboxylic acids is 1. The van der Waals surface area contributed by atoms with Gasteiger partial charge in [-0.1, -0.05) is 55.4 Å². The number of hydrogen-bond acceptors (Lipinski definition) is 8. The van der Waals surface area contributed by atoms with Crippen LogP contribution in [0.2, 0.25) is 22.2 Å². The molecule has 0 saturated carbocycles. The molecule has 3 atom stereocenters. The van der Waals surface area contributed by atoms with Crippen molar-refractivity contribution in [3.05, 3.63) is 33.1 Å². The van der Waals surface area contributed by atoms with Gasteiger partial charge in [0, 0.05) is 12.3 Å². The fourth-order valence-corrected chi connectivity index (χ4v) is 16.4. The number of hydrogen-bond donors (Lipinski definition) is 2. The van der Waals surface area contributed by atoms with Crippen molar-refractivity contribution in [2.24, 2.45) is 0 Å². The molecule has 1 aromatic heterocycles. The number of nitrogens with zero attached hydrogens (tertiary/aromatic N) is 1. The Morgan fingerprint density at radius 2 is 1.59 bits per heavy atom. The van der Waals surface area contributed by atoms with E-state index in [1.807, 2.05) is 27.7 Å². The van der Waals surface area contributed by atoms with Crippen LogP contribution >= 0.6 is 0 Å². The van der Waals surface area contributed by atoms with Crippen molar-refractivity contribution in [3.63, 3.8) is 0 Å². The van der Waals surface area contributed by atoms with Gasteiger partial charge in [-0.05, 0) is 22.2 Å². The van der Waals surface area contributed by atoms with Crippen LogP contribution in [0.5, 0.6) is 0 Å². The monoisotopic (exact) mass is 514 g/mol. The number of fused-ring (bicyclic) bond motifs is 1. The molecular weight excluding hydrogens is 476 g/mol. The van der Waals surface area contributed by atoms with Gasteiger partial charge in [0.05, 0.1) is 13.2 Å². The zero-order valence-corrected chi connectivity index (χ0v) is 23.3. The molecule has 34 heavy (non-hydrogen) atoms. The van der Waals surface area contributed by atoms with Gasteiger partial charge in [-0.15, -0.1) is 0 Å². The van der Waals surface area contributed by atoms with E-state index < -0.39 is 58.7 Å². The third-order valence-corrected chi connectivity index (χ3v) is 17.3. The first-order valence-electron chi connectivity index (χ1n) is 11.9. The number of ketones is 1. The maximum absolute atomic E-state index is 13.8. The van der Waals surface area contributed by atoms with Crippen molar-refractivity contribution in [1.29, 1.82) is 0 Å². The molecule has 0 amide bonds. The highest BCUT2D eigenvalue weighted by molar-refractivity contribution is 6.84. The molecule has 0 unspecified atom stereocenters. The summed E-state index contributed by atoms with van der Waals surface area (Å²) in [5.74, 6) is -0.595. The van der Waals surface area contributed by atoms with E-state index in [1.54, 1.807) is 0 Å². The Morgan fingerprint density at radius 3 is 2.06 bits per heavy atom. The highest BCUT2D eigenvalue weighted by atomic mass is 28.5. The molecule has 3 heterocycles. The number of aliphatic hydroxyl groups is 1. The smallest absolute Gasteiger partial charge is 0.335 e. The van der Waals surface area contributed by atoms with Crippen molar-refractivity contribution in [3.8, 4) is 0 Å². The average Bonchev–Trinajstić information content (AvgIpc) is 2.98. The van der Waals surface area contributed by atoms with Gasteiger partial charge in [-0.25, -0.2) is 4.79 Å². The predicted octanol–water partition coefficient (Wildman–Crippen LogP) is 2.11. The summed E-state index contributed by atoms with van der Waals surface area (Å²) in [6.07, 6.45) is -0.785. The molecule has 10 nitrogen and oxygen atoms in total. The lowest BCUT2D eigenvalue weighted by molar-refractivity contribution is -0.162. The second-order valence-electron chi connectivity index (χ2n) is 10.5. The summed E-state index contributed by atoms with van der Waals surface area (Å²) in [5.41, 5.74) is -3.30. The van der Waals surface area contributed by atoms with Gasteiger partial charge in [0.1, 0.15) is 12.2 Å². The molecule has 2 aliphatic heterocycles. The van der Waals surface area contributed by atoms with Gasteiger partial charge in [0.15, 0.2) is 0 Å². The zero-order chi connectivity index (χ0) is 25.6. The number of aromatic nitrogens is 2. The van der Waals surface area contributed by atoms with E-state index in [4.69, 9.17) is 17.7 Å². The summed E-state index contributed by atoms with van der Waals surface area (Å²) in [6, 6.07) is 1.10. The first-order valence-corrected chi connectivity index (χ1v) is 15.9. The van der Waals surface area contributed by atoms with E-state index in [0.717, 1.165) is 16.8 Å². The van der Waals surface area contributed by atoms with Crippen LogP contribution in [0.1, 0.15) is 55.4 Å². The first-order chi connectivity index (χ1) is 15.8. The normalized spacial score (nSPS) is 29.0. The van der Waals surface area contributed by atoms with E-state index in [9.17, 15) is 19.5 Å². The summed E-state index contributed by atoms with van der Waals surface area (Å²) < 4.78 is 27.5. The van der Waals surface area contributed by atoms with E-state index in [2.05, 4.69) is 32.7 Å². The molecular formula is C22H38N2O8Si2. The summed E-state index contributed by atoms with van der Waals surface area (Å²) >= 11 is 0. The Bertz CT molecular complexity index is 1000. The molecule has 0 bridgehead atoms. The summed E-state index contributed by atoms with van der Waals surface area (Å²) in [6.45, 7) is 15.7. The van der Waals surface area contributed by atoms with Crippen LogP contribution in [0.25, 0.3) is 0 Å². The van der Waals surface area contributed by atoms with Gasteiger partial charge < -0.3 is 22.8 Å². The maximum atomic E-state index is 13.8. The fourth-order valence-electron chi connectivity index (χ4n) is 5.20. The van der Waals surface area contributed by atoms with Crippen LogP contribution in [-0.2, 0) is 28.2 Å². The number of carbonyl (C=O) groups is 1. The predicted molar refractivity (Wildman–Crippen MR) is 130 cm³/mol. The van der Waals surface area contributed by atoms with E-state index >= 15 is 0 Å². The minimum absolute atomic E-state index is 0.00745. The van der Waals surface area contributed by atoms with E-state index in [-0.39, 0.29) is 28.8 Å². The highest BCUT2D eigenvalue weighted by Crippen LogP contribution is 2.48. The van der Waals surface area contributed by atoms with Crippen LogP contribution in [0.3, 0.4) is 0 Å². The van der Waals surface area contributed by atoms with Crippen molar-refractivity contribution in [2.75, 3.05) is 13.2 Å². The molecule has 0 radical (unpaired) electrons. The fraction of sp³-hybridized carbons (Fsp3) is 0.773.